The van der Waals surface area contributed by atoms with Crippen molar-refractivity contribution in [2.24, 2.45) is 0 Å². The van der Waals surface area contributed by atoms with Gasteiger partial charge in [-0.15, -0.1) is 0 Å². The van der Waals surface area contributed by atoms with Gasteiger partial charge in [-0.05, 0) is 22.0 Å². The number of H-pyrrole nitrogens is 1. The third kappa shape index (κ3) is 3.11. The monoisotopic (exact) mass is 305 g/mol. The first-order chi connectivity index (χ1) is 8.66. The molecule has 4 nitrogen and oxygen atoms in total. The van der Waals surface area contributed by atoms with Crippen LogP contribution in [0.15, 0.2) is 22.9 Å². The number of nitrogens with one attached hydrogen (secondary N) is 2. The van der Waals surface area contributed by atoms with Gasteiger partial charge in [0.2, 0.25) is 5.91 Å². The molecule has 0 atom stereocenters. The molecule has 92 valence electrons. The van der Waals surface area contributed by atoms with Gasteiger partial charge in [-0.1, -0.05) is 11.8 Å². The molecular formula is C13H12BrN3O. The van der Waals surface area contributed by atoms with Crippen molar-refractivity contribution in [3.63, 3.8) is 0 Å². The molecule has 18 heavy (non-hydrogen) atoms. The Labute approximate surface area is 113 Å². The number of hydrogen-bond acceptors (Lipinski definition) is 2. The van der Waals surface area contributed by atoms with E-state index < -0.39 is 0 Å². The number of hydrogen-bond donors (Lipinski definition) is 2. The molecule has 0 aliphatic heterocycles. The summed E-state index contributed by atoms with van der Waals surface area (Å²) in [5, 5.41) is 3.70. The molecule has 0 radical (unpaired) electrons. The first-order valence-corrected chi connectivity index (χ1v) is 6.32. The Morgan fingerprint density at radius 2 is 2.44 bits per heavy atom. The van der Waals surface area contributed by atoms with Crippen molar-refractivity contribution in [2.45, 2.75) is 13.3 Å². The van der Waals surface area contributed by atoms with E-state index in [2.05, 4.69) is 43.1 Å². The van der Waals surface area contributed by atoms with Crippen LogP contribution in [0.4, 0.5) is 0 Å². The largest absolute Gasteiger partial charge is 0.355 e. The first kappa shape index (κ1) is 12.7. The maximum Gasteiger partial charge on any atom is 0.216 e. The van der Waals surface area contributed by atoms with Crippen LogP contribution in [0.1, 0.15) is 18.9 Å². The van der Waals surface area contributed by atoms with Crippen molar-refractivity contribution in [1.82, 2.24) is 15.3 Å². The zero-order chi connectivity index (χ0) is 13.0. The zero-order valence-corrected chi connectivity index (χ0v) is 11.5. The number of carbonyl (C=O) groups excluding carboxylic acids is 1. The molecule has 0 bridgehead atoms. The number of aromatic amines is 1. The Morgan fingerprint density at radius 1 is 1.61 bits per heavy atom. The topological polar surface area (TPSA) is 57.8 Å². The standard InChI is InChI=1S/C13H12BrN3O/c1-9(18)15-5-3-2-4-10-7-16-13-12(10)6-11(14)8-17-13/h6-8H,3,5H2,1H3,(H,15,18)(H,16,17). The Kier molecular flexibility index (Phi) is 4.00. The molecule has 0 fully saturated rings. The number of rotatable bonds is 2. The number of nitrogens with zero attached hydrogens (tertiary/aromatic N) is 1. The van der Waals surface area contributed by atoms with E-state index >= 15 is 0 Å². The van der Waals surface area contributed by atoms with Crippen LogP contribution in [0.3, 0.4) is 0 Å². The summed E-state index contributed by atoms with van der Waals surface area (Å²) in [6, 6.07) is 1.98. The molecule has 0 aliphatic carbocycles. The summed E-state index contributed by atoms with van der Waals surface area (Å²) in [6.45, 7) is 2.07. The summed E-state index contributed by atoms with van der Waals surface area (Å²) >= 11 is 3.39. The van der Waals surface area contributed by atoms with Gasteiger partial charge in [0.15, 0.2) is 0 Å². The Morgan fingerprint density at radius 3 is 3.22 bits per heavy atom. The predicted molar refractivity (Wildman–Crippen MR) is 74.0 cm³/mol. The van der Waals surface area contributed by atoms with E-state index in [1.54, 1.807) is 6.20 Å². The molecule has 2 N–H and O–H groups in total. The quantitative estimate of drug-likeness (QED) is 0.660. The van der Waals surface area contributed by atoms with Crippen LogP contribution < -0.4 is 5.32 Å². The van der Waals surface area contributed by atoms with Gasteiger partial charge in [-0.25, -0.2) is 4.98 Å². The fourth-order valence-corrected chi connectivity index (χ4v) is 1.87. The number of aromatic nitrogens is 2. The summed E-state index contributed by atoms with van der Waals surface area (Å²) in [5.41, 5.74) is 1.74. The molecular weight excluding hydrogens is 294 g/mol. The van der Waals surface area contributed by atoms with Crippen molar-refractivity contribution in [2.75, 3.05) is 6.54 Å². The van der Waals surface area contributed by atoms with Crippen molar-refractivity contribution in [1.29, 1.82) is 0 Å². The van der Waals surface area contributed by atoms with Gasteiger partial charge in [-0.2, -0.15) is 0 Å². The fraction of sp³-hybridized carbons (Fsp3) is 0.231. The lowest BCUT2D eigenvalue weighted by molar-refractivity contribution is -0.118. The third-order valence-corrected chi connectivity index (χ3v) is 2.78. The van der Waals surface area contributed by atoms with E-state index in [9.17, 15) is 4.79 Å². The van der Waals surface area contributed by atoms with E-state index in [4.69, 9.17) is 0 Å². The van der Waals surface area contributed by atoms with Crippen LogP contribution in [-0.2, 0) is 4.79 Å². The highest BCUT2D eigenvalue weighted by atomic mass is 79.9. The van der Waals surface area contributed by atoms with E-state index in [1.807, 2.05) is 12.3 Å². The van der Waals surface area contributed by atoms with Crippen LogP contribution in [0.2, 0.25) is 0 Å². The number of amides is 1. The van der Waals surface area contributed by atoms with Crippen molar-refractivity contribution < 1.29 is 4.79 Å². The summed E-state index contributed by atoms with van der Waals surface area (Å²) in [6.07, 6.45) is 4.22. The molecule has 0 saturated heterocycles. The van der Waals surface area contributed by atoms with Crippen molar-refractivity contribution in [3.8, 4) is 11.8 Å². The molecule has 0 saturated carbocycles. The van der Waals surface area contributed by atoms with Gasteiger partial charge in [-0.3, -0.25) is 4.79 Å². The number of carbonyl (C=O) groups is 1. The lowest BCUT2D eigenvalue weighted by atomic mass is 10.2. The van der Waals surface area contributed by atoms with E-state index in [0.717, 1.165) is 21.1 Å². The van der Waals surface area contributed by atoms with Gasteiger partial charge in [0.1, 0.15) is 5.65 Å². The lowest BCUT2D eigenvalue weighted by Crippen LogP contribution is -2.20. The summed E-state index contributed by atoms with van der Waals surface area (Å²) in [7, 11) is 0. The highest BCUT2D eigenvalue weighted by molar-refractivity contribution is 9.10. The number of halogens is 1. The lowest BCUT2D eigenvalue weighted by Gasteiger charge is -1.94. The van der Waals surface area contributed by atoms with Gasteiger partial charge in [0.05, 0.1) is 5.56 Å². The average Bonchev–Trinajstić information content (AvgIpc) is 2.71. The maximum absolute atomic E-state index is 10.7. The molecule has 0 unspecified atom stereocenters. The van der Waals surface area contributed by atoms with Crippen LogP contribution in [0, 0.1) is 11.8 Å². The zero-order valence-electron chi connectivity index (χ0n) is 9.88. The Hall–Kier alpha value is -1.80. The van der Waals surface area contributed by atoms with Crippen LogP contribution in [-0.4, -0.2) is 22.4 Å². The highest BCUT2D eigenvalue weighted by Crippen LogP contribution is 2.19. The normalized spacial score (nSPS) is 9.89. The number of pyridine rings is 1. The minimum atomic E-state index is -0.0305. The summed E-state index contributed by atoms with van der Waals surface area (Å²) in [5.74, 6) is 6.07. The Bertz CT molecular complexity index is 636. The second-order valence-electron chi connectivity index (χ2n) is 3.79. The fourth-order valence-electron chi connectivity index (χ4n) is 1.54. The van der Waals surface area contributed by atoms with Crippen LogP contribution in [0.25, 0.3) is 11.0 Å². The van der Waals surface area contributed by atoms with Crippen molar-refractivity contribution in [3.05, 3.63) is 28.5 Å². The molecule has 2 rings (SSSR count). The van der Waals surface area contributed by atoms with Gasteiger partial charge >= 0.3 is 0 Å². The van der Waals surface area contributed by atoms with Crippen LogP contribution in [0.5, 0.6) is 0 Å². The SMILES string of the molecule is CC(=O)NCCC#Cc1c[nH]c2ncc(Br)cc12. The molecule has 1 amide bonds. The predicted octanol–water partition coefficient (Wildman–Crippen LogP) is 2.20. The smallest absolute Gasteiger partial charge is 0.216 e. The van der Waals surface area contributed by atoms with Crippen molar-refractivity contribution >= 4 is 32.9 Å². The maximum atomic E-state index is 10.7. The summed E-state index contributed by atoms with van der Waals surface area (Å²) < 4.78 is 0.927. The summed E-state index contributed by atoms with van der Waals surface area (Å²) in [4.78, 5) is 18.0. The van der Waals surface area contributed by atoms with Gasteiger partial charge in [0.25, 0.3) is 0 Å². The molecule has 2 heterocycles. The minimum Gasteiger partial charge on any atom is -0.355 e. The van der Waals surface area contributed by atoms with Gasteiger partial charge in [0, 0.05) is 42.1 Å². The number of fused-ring (bicyclic) bond motifs is 1. The Balaban J connectivity index is 2.10. The van der Waals surface area contributed by atoms with E-state index in [0.29, 0.717) is 13.0 Å². The third-order valence-electron chi connectivity index (χ3n) is 2.34. The molecule has 2 aromatic heterocycles. The first-order valence-electron chi connectivity index (χ1n) is 5.53. The van der Waals surface area contributed by atoms with E-state index in [-0.39, 0.29) is 5.91 Å². The van der Waals surface area contributed by atoms with Crippen LogP contribution >= 0.6 is 15.9 Å². The molecule has 0 spiro atoms. The van der Waals surface area contributed by atoms with E-state index in [1.165, 1.54) is 6.92 Å². The molecule has 0 aliphatic rings. The second-order valence-corrected chi connectivity index (χ2v) is 4.70. The second kappa shape index (κ2) is 5.69. The average molecular weight is 306 g/mol. The molecule has 5 heteroatoms. The highest BCUT2D eigenvalue weighted by Gasteiger charge is 2.02. The van der Waals surface area contributed by atoms with Gasteiger partial charge < -0.3 is 10.3 Å². The molecule has 2 aromatic rings. The molecule has 0 aromatic carbocycles. The minimum absolute atomic E-state index is 0.0305.